The van der Waals surface area contributed by atoms with E-state index in [0.29, 0.717) is 6.04 Å². The van der Waals surface area contributed by atoms with E-state index in [0.717, 1.165) is 12.5 Å². The number of hydrogen-bond donors (Lipinski definition) is 1. The number of hydrogen-bond acceptors (Lipinski definition) is 2. The molecule has 0 aromatic carbocycles. The molecular formula is C14H25N3. The van der Waals surface area contributed by atoms with E-state index in [1.807, 2.05) is 17.9 Å². The smallest absolute Gasteiger partial charge is 0.0534 e. The van der Waals surface area contributed by atoms with Gasteiger partial charge in [0, 0.05) is 31.4 Å². The van der Waals surface area contributed by atoms with Gasteiger partial charge in [0.05, 0.1) is 6.20 Å². The second-order valence-electron chi connectivity index (χ2n) is 5.44. The Bertz CT molecular complexity index is 324. The average Bonchev–Trinajstić information content (AvgIpc) is 2.58. The van der Waals surface area contributed by atoms with Gasteiger partial charge in [-0.05, 0) is 25.7 Å². The van der Waals surface area contributed by atoms with Gasteiger partial charge in [-0.1, -0.05) is 25.7 Å². The SMILES string of the molecule is C[C@@H](NCc1cnn(C)c1)C1CCCCCC1. The monoisotopic (exact) mass is 235 g/mol. The number of aryl methyl sites for hydroxylation is 1. The lowest BCUT2D eigenvalue weighted by molar-refractivity contribution is 0.336. The van der Waals surface area contributed by atoms with Gasteiger partial charge in [0.15, 0.2) is 0 Å². The minimum absolute atomic E-state index is 0.633. The molecule has 1 aromatic heterocycles. The Morgan fingerprint density at radius 3 is 2.65 bits per heavy atom. The molecule has 0 aliphatic heterocycles. The van der Waals surface area contributed by atoms with Crippen LogP contribution in [0, 0.1) is 5.92 Å². The van der Waals surface area contributed by atoms with Crippen LogP contribution >= 0.6 is 0 Å². The predicted molar refractivity (Wildman–Crippen MR) is 70.7 cm³/mol. The van der Waals surface area contributed by atoms with Crippen LogP contribution in [0.25, 0.3) is 0 Å². The molecule has 0 saturated heterocycles. The zero-order valence-corrected chi connectivity index (χ0v) is 11.2. The Hall–Kier alpha value is -0.830. The molecule has 0 amide bonds. The summed E-state index contributed by atoms with van der Waals surface area (Å²) in [6.07, 6.45) is 12.6. The van der Waals surface area contributed by atoms with Crippen molar-refractivity contribution >= 4 is 0 Å². The third-order valence-corrected chi connectivity index (χ3v) is 3.99. The molecule has 1 aliphatic carbocycles. The van der Waals surface area contributed by atoms with E-state index in [-0.39, 0.29) is 0 Å². The standard InChI is InChI=1S/C14H25N3/c1-12(14-7-5-3-4-6-8-14)15-9-13-10-16-17(2)11-13/h10-12,14-15H,3-9H2,1-2H3/t12-/m1/s1. The summed E-state index contributed by atoms with van der Waals surface area (Å²) in [5.74, 6) is 0.870. The van der Waals surface area contributed by atoms with E-state index in [9.17, 15) is 0 Å². The van der Waals surface area contributed by atoms with E-state index in [4.69, 9.17) is 0 Å². The van der Waals surface area contributed by atoms with Gasteiger partial charge in [0.2, 0.25) is 0 Å². The molecular weight excluding hydrogens is 210 g/mol. The van der Waals surface area contributed by atoms with Crippen LogP contribution in [0.1, 0.15) is 51.0 Å². The Labute approximate surface area is 105 Å². The number of nitrogens with one attached hydrogen (secondary N) is 1. The largest absolute Gasteiger partial charge is 0.310 e. The minimum atomic E-state index is 0.633. The average molecular weight is 235 g/mol. The summed E-state index contributed by atoms with van der Waals surface area (Å²) in [5.41, 5.74) is 1.29. The van der Waals surface area contributed by atoms with E-state index < -0.39 is 0 Å². The predicted octanol–water partition coefficient (Wildman–Crippen LogP) is 2.87. The van der Waals surface area contributed by atoms with Crippen LogP contribution in [0.2, 0.25) is 0 Å². The Kier molecular flexibility index (Phi) is 4.60. The number of rotatable bonds is 4. The van der Waals surface area contributed by atoms with Crippen molar-refractivity contribution in [2.45, 2.75) is 58.0 Å². The van der Waals surface area contributed by atoms with Crippen molar-refractivity contribution in [1.29, 1.82) is 0 Å². The summed E-state index contributed by atoms with van der Waals surface area (Å²) in [4.78, 5) is 0. The van der Waals surface area contributed by atoms with Crippen LogP contribution in [-0.4, -0.2) is 15.8 Å². The first-order chi connectivity index (χ1) is 8.25. The van der Waals surface area contributed by atoms with Gasteiger partial charge in [-0.3, -0.25) is 4.68 Å². The molecule has 3 heteroatoms. The third kappa shape index (κ3) is 3.84. The molecule has 1 aliphatic rings. The molecule has 3 nitrogen and oxygen atoms in total. The van der Waals surface area contributed by atoms with Gasteiger partial charge in [-0.2, -0.15) is 5.10 Å². The highest BCUT2D eigenvalue weighted by Gasteiger charge is 2.18. The first-order valence-corrected chi connectivity index (χ1v) is 6.96. The first-order valence-electron chi connectivity index (χ1n) is 6.96. The maximum Gasteiger partial charge on any atom is 0.0534 e. The minimum Gasteiger partial charge on any atom is -0.310 e. The van der Waals surface area contributed by atoms with Gasteiger partial charge < -0.3 is 5.32 Å². The molecule has 1 heterocycles. The molecule has 1 fully saturated rings. The molecule has 0 unspecified atom stereocenters. The summed E-state index contributed by atoms with van der Waals surface area (Å²) in [6, 6.07) is 0.633. The van der Waals surface area contributed by atoms with E-state index in [1.165, 1.54) is 44.1 Å². The number of nitrogens with zero attached hydrogens (tertiary/aromatic N) is 2. The van der Waals surface area contributed by atoms with Gasteiger partial charge in [-0.25, -0.2) is 0 Å². The maximum atomic E-state index is 4.20. The van der Waals surface area contributed by atoms with Crippen molar-refractivity contribution in [2.75, 3.05) is 0 Å². The van der Waals surface area contributed by atoms with Crippen LogP contribution in [0.5, 0.6) is 0 Å². The molecule has 96 valence electrons. The zero-order chi connectivity index (χ0) is 12.1. The van der Waals surface area contributed by atoms with E-state index in [1.54, 1.807) is 0 Å². The highest BCUT2D eigenvalue weighted by atomic mass is 15.2. The lowest BCUT2D eigenvalue weighted by atomic mass is 9.93. The highest BCUT2D eigenvalue weighted by molar-refractivity contribution is 5.03. The van der Waals surface area contributed by atoms with E-state index in [2.05, 4.69) is 23.5 Å². The topological polar surface area (TPSA) is 29.9 Å². The van der Waals surface area contributed by atoms with Crippen LogP contribution in [0.4, 0.5) is 0 Å². The quantitative estimate of drug-likeness (QED) is 0.813. The summed E-state index contributed by atoms with van der Waals surface area (Å²) < 4.78 is 1.87. The molecule has 0 spiro atoms. The molecule has 0 radical (unpaired) electrons. The van der Waals surface area contributed by atoms with Crippen LogP contribution in [0.15, 0.2) is 12.4 Å². The molecule has 1 atom stereocenters. The fraction of sp³-hybridized carbons (Fsp3) is 0.786. The van der Waals surface area contributed by atoms with Gasteiger partial charge >= 0.3 is 0 Å². The van der Waals surface area contributed by atoms with Crippen LogP contribution in [-0.2, 0) is 13.6 Å². The Morgan fingerprint density at radius 2 is 2.06 bits per heavy atom. The van der Waals surface area contributed by atoms with Crippen molar-refractivity contribution < 1.29 is 0 Å². The van der Waals surface area contributed by atoms with Crippen LogP contribution in [0.3, 0.4) is 0 Å². The van der Waals surface area contributed by atoms with Crippen molar-refractivity contribution in [1.82, 2.24) is 15.1 Å². The summed E-state index contributed by atoms with van der Waals surface area (Å²) in [6.45, 7) is 3.29. The van der Waals surface area contributed by atoms with Crippen molar-refractivity contribution in [3.63, 3.8) is 0 Å². The summed E-state index contributed by atoms with van der Waals surface area (Å²) >= 11 is 0. The van der Waals surface area contributed by atoms with Gasteiger partial charge in [-0.15, -0.1) is 0 Å². The molecule has 0 bridgehead atoms. The zero-order valence-electron chi connectivity index (χ0n) is 11.2. The van der Waals surface area contributed by atoms with Crippen LogP contribution < -0.4 is 5.32 Å². The fourth-order valence-electron chi connectivity index (χ4n) is 2.82. The van der Waals surface area contributed by atoms with Gasteiger partial charge in [0.1, 0.15) is 0 Å². The first kappa shape index (κ1) is 12.6. The molecule has 1 N–H and O–H groups in total. The summed E-state index contributed by atoms with van der Waals surface area (Å²) in [7, 11) is 1.97. The third-order valence-electron chi connectivity index (χ3n) is 3.99. The normalized spacial score (nSPS) is 20.1. The Balaban J connectivity index is 1.77. The Morgan fingerprint density at radius 1 is 1.35 bits per heavy atom. The maximum absolute atomic E-state index is 4.20. The molecule has 17 heavy (non-hydrogen) atoms. The molecule has 2 rings (SSSR count). The van der Waals surface area contributed by atoms with Crippen molar-refractivity contribution in [2.24, 2.45) is 13.0 Å². The number of aromatic nitrogens is 2. The van der Waals surface area contributed by atoms with E-state index >= 15 is 0 Å². The van der Waals surface area contributed by atoms with Gasteiger partial charge in [0.25, 0.3) is 0 Å². The second-order valence-corrected chi connectivity index (χ2v) is 5.44. The molecule has 1 aromatic rings. The highest BCUT2D eigenvalue weighted by Crippen LogP contribution is 2.25. The molecule has 1 saturated carbocycles. The second kappa shape index (κ2) is 6.20. The van der Waals surface area contributed by atoms with Crippen molar-refractivity contribution in [3.05, 3.63) is 18.0 Å². The lowest BCUT2D eigenvalue weighted by Gasteiger charge is -2.23. The lowest BCUT2D eigenvalue weighted by Crippen LogP contribution is -2.32. The fourth-order valence-corrected chi connectivity index (χ4v) is 2.82. The summed E-state index contributed by atoms with van der Waals surface area (Å²) in [5, 5.41) is 7.86. The van der Waals surface area contributed by atoms with Crippen molar-refractivity contribution in [3.8, 4) is 0 Å².